The lowest BCUT2D eigenvalue weighted by Crippen LogP contribution is -1.95. The summed E-state index contributed by atoms with van der Waals surface area (Å²) >= 11 is 7.15. The Labute approximate surface area is 87.7 Å². The molecule has 2 aromatic heterocycles. The molecule has 0 unspecified atom stereocenters. The van der Waals surface area contributed by atoms with Crippen LogP contribution in [0.5, 0.6) is 0 Å². The maximum absolute atomic E-state index is 10.8. The summed E-state index contributed by atoms with van der Waals surface area (Å²) in [7, 11) is 0. The Kier molecular flexibility index (Phi) is 2.26. The van der Waals surface area contributed by atoms with E-state index in [1.54, 1.807) is 11.4 Å². The van der Waals surface area contributed by atoms with Crippen LogP contribution in [-0.2, 0) is 0 Å². The minimum Gasteiger partial charge on any atom is -0.477 e. The number of carboxylic acid groups (broad SMARTS) is 1. The number of carboxylic acids is 1. The van der Waals surface area contributed by atoms with Crippen molar-refractivity contribution in [3.8, 4) is 10.6 Å². The second-order valence-corrected chi connectivity index (χ2v) is 3.79. The molecule has 0 aliphatic heterocycles. The minimum atomic E-state index is -1.08. The van der Waals surface area contributed by atoms with Crippen LogP contribution in [0.1, 0.15) is 10.4 Å². The van der Waals surface area contributed by atoms with Crippen molar-refractivity contribution in [3.05, 3.63) is 28.2 Å². The molecule has 4 nitrogen and oxygen atoms in total. The standard InChI is InChI=1S/C8H4ClNO3S/c9-5-1-2-14-7(5)6-4(8(11)12)3-10-13-6/h1-3H,(H,11,12). The molecule has 2 aromatic rings. The molecule has 72 valence electrons. The van der Waals surface area contributed by atoms with E-state index in [1.807, 2.05) is 0 Å². The number of nitrogens with zero attached hydrogens (tertiary/aromatic N) is 1. The second-order valence-electron chi connectivity index (χ2n) is 2.47. The van der Waals surface area contributed by atoms with Gasteiger partial charge in [-0.1, -0.05) is 16.8 Å². The summed E-state index contributed by atoms with van der Waals surface area (Å²) < 4.78 is 4.85. The van der Waals surface area contributed by atoms with Gasteiger partial charge in [-0.25, -0.2) is 4.79 Å². The molecule has 0 amide bonds. The van der Waals surface area contributed by atoms with Gasteiger partial charge in [0.25, 0.3) is 0 Å². The van der Waals surface area contributed by atoms with E-state index in [0.717, 1.165) is 6.20 Å². The van der Waals surface area contributed by atoms with E-state index < -0.39 is 5.97 Å². The van der Waals surface area contributed by atoms with Crippen LogP contribution in [-0.4, -0.2) is 16.2 Å². The van der Waals surface area contributed by atoms with Gasteiger partial charge in [0.05, 0.1) is 16.1 Å². The number of hydrogen-bond donors (Lipinski definition) is 1. The first-order valence-electron chi connectivity index (χ1n) is 3.61. The molecule has 0 saturated carbocycles. The smallest absolute Gasteiger partial charge is 0.341 e. The molecule has 1 N–H and O–H groups in total. The van der Waals surface area contributed by atoms with E-state index >= 15 is 0 Å². The number of hydrogen-bond acceptors (Lipinski definition) is 4. The van der Waals surface area contributed by atoms with Gasteiger partial charge in [-0.3, -0.25) is 0 Å². The zero-order chi connectivity index (χ0) is 10.1. The highest BCUT2D eigenvalue weighted by atomic mass is 35.5. The lowest BCUT2D eigenvalue weighted by atomic mass is 10.2. The SMILES string of the molecule is O=C(O)c1cnoc1-c1sccc1Cl. The van der Waals surface area contributed by atoms with Gasteiger partial charge in [0.2, 0.25) is 0 Å². The normalized spacial score (nSPS) is 10.4. The highest BCUT2D eigenvalue weighted by Gasteiger charge is 2.19. The molecule has 0 bridgehead atoms. The van der Waals surface area contributed by atoms with Crippen molar-refractivity contribution in [1.82, 2.24) is 5.16 Å². The Morgan fingerprint density at radius 1 is 1.64 bits per heavy atom. The summed E-state index contributed by atoms with van der Waals surface area (Å²) in [6.07, 6.45) is 1.16. The maximum atomic E-state index is 10.8. The molecule has 0 radical (unpaired) electrons. The lowest BCUT2D eigenvalue weighted by Gasteiger charge is -1.93. The van der Waals surface area contributed by atoms with Crippen LogP contribution in [0.3, 0.4) is 0 Å². The molecule has 0 saturated heterocycles. The largest absolute Gasteiger partial charge is 0.477 e. The van der Waals surface area contributed by atoms with E-state index in [2.05, 4.69) is 5.16 Å². The van der Waals surface area contributed by atoms with Crippen LogP contribution >= 0.6 is 22.9 Å². The number of aromatic nitrogens is 1. The van der Waals surface area contributed by atoms with Crippen LogP contribution in [0.25, 0.3) is 10.6 Å². The van der Waals surface area contributed by atoms with E-state index in [0.29, 0.717) is 9.90 Å². The Morgan fingerprint density at radius 3 is 3.00 bits per heavy atom. The minimum absolute atomic E-state index is 0.0225. The number of carbonyl (C=O) groups is 1. The van der Waals surface area contributed by atoms with Crippen molar-refractivity contribution in [2.45, 2.75) is 0 Å². The number of thiophene rings is 1. The molecule has 0 atom stereocenters. The first-order chi connectivity index (χ1) is 6.70. The van der Waals surface area contributed by atoms with Crippen molar-refractivity contribution in [2.75, 3.05) is 0 Å². The van der Waals surface area contributed by atoms with Gasteiger partial charge in [-0.05, 0) is 11.4 Å². The zero-order valence-electron chi connectivity index (χ0n) is 6.73. The van der Waals surface area contributed by atoms with E-state index in [1.165, 1.54) is 11.3 Å². The molecule has 0 fully saturated rings. The van der Waals surface area contributed by atoms with Gasteiger partial charge >= 0.3 is 5.97 Å². The third-order valence-electron chi connectivity index (χ3n) is 1.62. The first-order valence-corrected chi connectivity index (χ1v) is 4.87. The van der Waals surface area contributed by atoms with Crippen LogP contribution in [0.15, 0.2) is 22.2 Å². The van der Waals surface area contributed by atoms with E-state index in [9.17, 15) is 4.79 Å². The molecule has 2 rings (SSSR count). The monoisotopic (exact) mass is 229 g/mol. The van der Waals surface area contributed by atoms with Gasteiger partial charge in [-0.2, -0.15) is 0 Å². The Balaban J connectivity index is 2.57. The summed E-state index contributed by atoms with van der Waals surface area (Å²) in [5.41, 5.74) is 0.0225. The summed E-state index contributed by atoms with van der Waals surface area (Å²) in [4.78, 5) is 11.3. The molecule has 0 aliphatic rings. The van der Waals surface area contributed by atoms with Gasteiger partial charge in [0, 0.05) is 0 Å². The number of rotatable bonds is 2. The highest BCUT2D eigenvalue weighted by molar-refractivity contribution is 7.14. The summed E-state index contributed by atoms with van der Waals surface area (Å²) in [5, 5.41) is 14.5. The predicted molar refractivity (Wildman–Crippen MR) is 51.8 cm³/mol. The Bertz CT molecular complexity index is 476. The Hall–Kier alpha value is -1.33. The Morgan fingerprint density at radius 2 is 2.43 bits per heavy atom. The predicted octanol–water partition coefficient (Wildman–Crippen LogP) is 2.75. The van der Waals surface area contributed by atoms with Gasteiger partial charge in [0.1, 0.15) is 5.56 Å². The molecule has 14 heavy (non-hydrogen) atoms. The van der Waals surface area contributed by atoms with Gasteiger partial charge in [-0.15, -0.1) is 11.3 Å². The van der Waals surface area contributed by atoms with Crippen molar-refractivity contribution in [1.29, 1.82) is 0 Å². The zero-order valence-corrected chi connectivity index (χ0v) is 8.30. The summed E-state index contributed by atoms with van der Waals surface area (Å²) in [6.45, 7) is 0. The van der Waals surface area contributed by atoms with Crippen LogP contribution < -0.4 is 0 Å². The fourth-order valence-corrected chi connectivity index (χ4v) is 2.14. The average Bonchev–Trinajstić information content (AvgIpc) is 2.70. The van der Waals surface area contributed by atoms with Crippen LogP contribution in [0.4, 0.5) is 0 Å². The molecular weight excluding hydrogens is 226 g/mol. The maximum Gasteiger partial charge on any atom is 0.341 e. The fourth-order valence-electron chi connectivity index (χ4n) is 1.01. The van der Waals surface area contributed by atoms with Crippen LogP contribution in [0, 0.1) is 0 Å². The topological polar surface area (TPSA) is 63.3 Å². The lowest BCUT2D eigenvalue weighted by molar-refractivity contribution is 0.0697. The van der Waals surface area contributed by atoms with Gasteiger partial charge < -0.3 is 9.63 Å². The summed E-state index contributed by atoms with van der Waals surface area (Å²) in [5.74, 6) is -0.872. The first kappa shape index (κ1) is 9.23. The third-order valence-corrected chi connectivity index (χ3v) is 2.96. The van der Waals surface area contributed by atoms with Crippen molar-refractivity contribution < 1.29 is 14.4 Å². The van der Waals surface area contributed by atoms with Gasteiger partial charge in [0.15, 0.2) is 5.76 Å². The molecule has 0 spiro atoms. The highest BCUT2D eigenvalue weighted by Crippen LogP contribution is 2.35. The van der Waals surface area contributed by atoms with Crippen LogP contribution in [0.2, 0.25) is 5.02 Å². The molecule has 6 heteroatoms. The van der Waals surface area contributed by atoms with E-state index in [-0.39, 0.29) is 11.3 Å². The molecular formula is C8H4ClNO3S. The molecule has 0 aromatic carbocycles. The number of halogens is 1. The van der Waals surface area contributed by atoms with E-state index in [4.69, 9.17) is 21.2 Å². The van der Waals surface area contributed by atoms with Crippen molar-refractivity contribution in [2.24, 2.45) is 0 Å². The number of aromatic carboxylic acids is 1. The fraction of sp³-hybridized carbons (Fsp3) is 0. The van der Waals surface area contributed by atoms with Crippen molar-refractivity contribution in [3.63, 3.8) is 0 Å². The quantitative estimate of drug-likeness (QED) is 0.860. The average molecular weight is 230 g/mol. The molecule has 0 aliphatic carbocycles. The second kappa shape index (κ2) is 3.43. The summed E-state index contributed by atoms with van der Waals surface area (Å²) in [6, 6.07) is 1.68. The molecule has 2 heterocycles. The third kappa shape index (κ3) is 1.40. The van der Waals surface area contributed by atoms with Crippen molar-refractivity contribution >= 4 is 28.9 Å².